The molecule has 2 aromatic rings. The van der Waals surface area contributed by atoms with Crippen LogP contribution in [0.3, 0.4) is 0 Å². The second-order valence-electron chi connectivity index (χ2n) is 6.82. The Hall–Kier alpha value is -2.54. The summed E-state index contributed by atoms with van der Waals surface area (Å²) in [4.78, 5) is 14.5. The van der Waals surface area contributed by atoms with Gasteiger partial charge in [0.2, 0.25) is 0 Å². The van der Waals surface area contributed by atoms with Crippen LogP contribution in [0.4, 0.5) is 8.78 Å². The highest BCUT2D eigenvalue weighted by Gasteiger charge is 2.33. The maximum Gasteiger partial charge on any atom is 0.387 e. The minimum Gasteiger partial charge on any atom is -0.493 e. The Balaban J connectivity index is 1.66. The number of nitrogens with zero attached hydrogens (tertiary/aromatic N) is 1. The van der Waals surface area contributed by atoms with Gasteiger partial charge in [0.1, 0.15) is 5.75 Å². The first-order chi connectivity index (χ1) is 13.9. The van der Waals surface area contributed by atoms with E-state index in [1.165, 1.54) is 13.2 Å². The fourth-order valence-electron chi connectivity index (χ4n) is 2.94. The first kappa shape index (κ1) is 21.2. The van der Waals surface area contributed by atoms with E-state index in [9.17, 15) is 13.6 Å². The van der Waals surface area contributed by atoms with E-state index >= 15 is 0 Å². The number of hydrogen-bond donors (Lipinski definition) is 0. The lowest BCUT2D eigenvalue weighted by Gasteiger charge is -2.23. The van der Waals surface area contributed by atoms with Crippen molar-refractivity contribution in [2.24, 2.45) is 0 Å². The molecule has 3 rings (SSSR count). The Bertz CT molecular complexity index is 874. The Morgan fingerprint density at radius 1 is 1.21 bits per heavy atom. The molecule has 0 N–H and O–H groups in total. The van der Waals surface area contributed by atoms with Crippen LogP contribution in [0.2, 0.25) is 5.02 Å². The number of halogens is 3. The van der Waals surface area contributed by atoms with Crippen LogP contribution in [0, 0.1) is 6.92 Å². The third-order valence-corrected chi connectivity index (χ3v) is 5.02. The number of alkyl halides is 2. The molecule has 5 nitrogen and oxygen atoms in total. The normalized spacial score (nSPS) is 13.3. The molecule has 0 saturated heterocycles. The molecule has 0 aromatic heterocycles. The van der Waals surface area contributed by atoms with Gasteiger partial charge in [0.05, 0.1) is 7.11 Å². The number of carbonyl (C=O) groups is 1. The Morgan fingerprint density at radius 3 is 2.59 bits per heavy atom. The van der Waals surface area contributed by atoms with Crippen LogP contribution in [-0.4, -0.2) is 37.2 Å². The molecule has 0 spiro atoms. The van der Waals surface area contributed by atoms with E-state index in [0.29, 0.717) is 17.3 Å². The van der Waals surface area contributed by atoms with Crippen LogP contribution in [0.5, 0.6) is 17.2 Å². The van der Waals surface area contributed by atoms with Crippen molar-refractivity contribution < 1.29 is 27.8 Å². The van der Waals surface area contributed by atoms with Crippen molar-refractivity contribution in [3.8, 4) is 17.2 Å². The maximum atomic E-state index is 12.7. The van der Waals surface area contributed by atoms with E-state index in [4.69, 9.17) is 21.1 Å². The number of amides is 1. The first-order valence-corrected chi connectivity index (χ1v) is 9.55. The molecule has 2 aromatic carbocycles. The lowest BCUT2D eigenvalue weighted by atomic mass is 10.2. The van der Waals surface area contributed by atoms with Crippen LogP contribution in [0.15, 0.2) is 36.4 Å². The number of rotatable bonds is 9. The molecule has 0 heterocycles. The molecule has 1 aliphatic carbocycles. The van der Waals surface area contributed by atoms with Gasteiger partial charge in [0.25, 0.3) is 5.91 Å². The highest BCUT2D eigenvalue weighted by molar-refractivity contribution is 6.31. The third kappa shape index (κ3) is 5.73. The summed E-state index contributed by atoms with van der Waals surface area (Å²) in [6, 6.07) is 10.0. The van der Waals surface area contributed by atoms with Crippen molar-refractivity contribution in [1.29, 1.82) is 0 Å². The van der Waals surface area contributed by atoms with Gasteiger partial charge in [-0.3, -0.25) is 4.79 Å². The lowest BCUT2D eigenvalue weighted by Crippen LogP contribution is -2.36. The SMILES string of the molecule is COc1cc(CN(C(=O)COc2ccc(Cl)c(C)c2)C2CC2)ccc1OC(F)F. The molecule has 0 bridgehead atoms. The summed E-state index contributed by atoms with van der Waals surface area (Å²) in [6.07, 6.45) is 1.85. The third-order valence-electron chi connectivity index (χ3n) is 4.60. The van der Waals surface area contributed by atoms with Crippen molar-refractivity contribution in [3.63, 3.8) is 0 Å². The van der Waals surface area contributed by atoms with E-state index in [2.05, 4.69) is 4.74 Å². The Labute approximate surface area is 173 Å². The lowest BCUT2D eigenvalue weighted by molar-refractivity contribution is -0.134. The van der Waals surface area contributed by atoms with Crippen LogP contribution in [0.1, 0.15) is 24.0 Å². The molecule has 0 atom stereocenters. The van der Waals surface area contributed by atoms with Gasteiger partial charge in [0.15, 0.2) is 18.1 Å². The van der Waals surface area contributed by atoms with Crippen LogP contribution in [0.25, 0.3) is 0 Å². The van der Waals surface area contributed by atoms with Crippen molar-refractivity contribution in [1.82, 2.24) is 4.90 Å². The van der Waals surface area contributed by atoms with Crippen molar-refractivity contribution >= 4 is 17.5 Å². The average molecular weight is 426 g/mol. The Kier molecular flexibility index (Phi) is 6.79. The summed E-state index contributed by atoms with van der Waals surface area (Å²) in [5, 5.41) is 0.636. The number of ether oxygens (including phenoxy) is 3. The zero-order chi connectivity index (χ0) is 21.0. The molecule has 29 heavy (non-hydrogen) atoms. The summed E-state index contributed by atoms with van der Waals surface area (Å²) in [6.45, 7) is -0.838. The molecule has 0 radical (unpaired) electrons. The van der Waals surface area contributed by atoms with Gasteiger partial charge < -0.3 is 19.1 Å². The molecular weight excluding hydrogens is 404 g/mol. The number of aryl methyl sites for hydroxylation is 1. The summed E-state index contributed by atoms with van der Waals surface area (Å²) in [7, 11) is 1.38. The van der Waals surface area contributed by atoms with Gasteiger partial charge >= 0.3 is 6.61 Å². The minimum atomic E-state index is -2.94. The predicted octanol–water partition coefficient (Wildman–Crippen LogP) is 4.83. The summed E-state index contributed by atoms with van der Waals surface area (Å²) >= 11 is 6.01. The molecule has 1 amide bonds. The number of methoxy groups -OCH3 is 1. The van der Waals surface area contributed by atoms with Gasteiger partial charge in [-0.1, -0.05) is 17.7 Å². The van der Waals surface area contributed by atoms with E-state index in [1.54, 1.807) is 35.2 Å². The predicted molar refractivity (Wildman–Crippen MR) is 105 cm³/mol. The van der Waals surface area contributed by atoms with Crippen molar-refractivity contribution in [3.05, 3.63) is 52.5 Å². The highest BCUT2D eigenvalue weighted by atomic mass is 35.5. The van der Waals surface area contributed by atoms with E-state index in [-0.39, 0.29) is 30.1 Å². The molecular formula is C21H22ClF2NO4. The fraction of sp³-hybridized carbons (Fsp3) is 0.381. The first-order valence-electron chi connectivity index (χ1n) is 9.17. The van der Waals surface area contributed by atoms with Crippen LogP contribution < -0.4 is 14.2 Å². The zero-order valence-electron chi connectivity index (χ0n) is 16.2. The topological polar surface area (TPSA) is 48.0 Å². The molecule has 1 aliphatic rings. The van der Waals surface area contributed by atoms with Crippen LogP contribution >= 0.6 is 11.6 Å². The van der Waals surface area contributed by atoms with E-state index in [1.807, 2.05) is 6.92 Å². The second-order valence-corrected chi connectivity index (χ2v) is 7.22. The molecule has 156 valence electrons. The van der Waals surface area contributed by atoms with Crippen molar-refractivity contribution in [2.45, 2.75) is 39.0 Å². The van der Waals surface area contributed by atoms with Crippen LogP contribution in [-0.2, 0) is 11.3 Å². The van der Waals surface area contributed by atoms with Gasteiger partial charge in [-0.15, -0.1) is 0 Å². The minimum absolute atomic E-state index is 0.0445. The zero-order valence-corrected chi connectivity index (χ0v) is 16.9. The quantitative estimate of drug-likeness (QED) is 0.577. The molecule has 0 aliphatic heterocycles. The monoisotopic (exact) mass is 425 g/mol. The Morgan fingerprint density at radius 2 is 1.97 bits per heavy atom. The highest BCUT2D eigenvalue weighted by Crippen LogP contribution is 2.33. The summed E-state index contributed by atoms with van der Waals surface area (Å²) < 4.78 is 40.2. The number of benzene rings is 2. The average Bonchev–Trinajstić information content (AvgIpc) is 3.52. The van der Waals surface area contributed by atoms with Gasteiger partial charge in [-0.2, -0.15) is 8.78 Å². The number of carbonyl (C=O) groups excluding carboxylic acids is 1. The molecule has 1 saturated carbocycles. The number of hydrogen-bond acceptors (Lipinski definition) is 4. The molecule has 1 fully saturated rings. The molecule has 8 heteroatoms. The fourth-order valence-corrected chi connectivity index (χ4v) is 3.06. The van der Waals surface area contributed by atoms with E-state index in [0.717, 1.165) is 24.0 Å². The summed E-state index contributed by atoms with van der Waals surface area (Å²) in [5.41, 5.74) is 1.62. The van der Waals surface area contributed by atoms with E-state index < -0.39 is 6.61 Å². The summed E-state index contributed by atoms with van der Waals surface area (Å²) in [5.74, 6) is 0.578. The van der Waals surface area contributed by atoms with Gasteiger partial charge in [-0.25, -0.2) is 0 Å². The molecule has 0 unspecified atom stereocenters. The van der Waals surface area contributed by atoms with Gasteiger partial charge in [0, 0.05) is 17.6 Å². The van der Waals surface area contributed by atoms with Gasteiger partial charge in [-0.05, 0) is 61.2 Å². The standard InChI is InChI=1S/C21H22ClF2NO4/c1-13-9-16(6-7-17(13)22)28-12-20(26)25(15-4-5-15)11-14-3-8-18(29-21(23)24)19(10-14)27-2/h3,6-10,15,21H,4-5,11-12H2,1-2H3. The maximum absolute atomic E-state index is 12.7. The smallest absolute Gasteiger partial charge is 0.387 e. The second kappa shape index (κ2) is 9.31. The largest absolute Gasteiger partial charge is 0.493 e. The van der Waals surface area contributed by atoms with Crippen molar-refractivity contribution in [2.75, 3.05) is 13.7 Å².